The van der Waals surface area contributed by atoms with E-state index in [4.69, 9.17) is 16.3 Å². The van der Waals surface area contributed by atoms with E-state index in [1.165, 1.54) is 11.8 Å². The lowest BCUT2D eigenvalue weighted by molar-refractivity contribution is -0.113. The second kappa shape index (κ2) is 11.7. The largest absolute Gasteiger partial charge is 0.493 e. The van der Waals surface area contributed by atoms with Crippen molar-refractivity contribution in [3.8, 4) is 5.75 Å². The summed E-state index contributed by atoms with van der Waals surface area (Å²) in [6.45, 7) is 8.91. The van der Waals surface area contributed by atoms with Gasteiger partial charge in [0.05, 0.1) is 12.4 Å². The van der Waals surface area contributed by atoms with E-state index in [0.717, 1.165) is 35.5 Å². The number of para-hydroxylation sites is 1. The molecule has 0 bridgehead atoms. The van der Waals surface area contributed by atoms with E-state index in [1.54, 1.807) is 12.1 Å². The number of thioether (sulfide) groups is 1. The van der Waals surface area contributed by atoms with Gasteiger partial charge in [0.2, 0.25) is 5.91 Å². The van der Waals surface area contributed by atoms with Crippen molar-refractivity contribution in [2.45, 2.75) is 38.4 Å². The van der Waals surface area contributed by atoms with Crippen LogP contribution in [0.15, 0.2) is 60.3 Å². The number of ether oxygens (including phenoxy) is 1. The number of nitrogens with one attached hydrogen (secondary N) is 1. The molecule has 6 nitrogen and oxygen atoms in total. The molecule has 0 atom stereocenters. The monoisotopic (exact) mass is 470 g/mol. The molecule has 1 aromatic heterocycles. The van der Waals surface area contributed by atoms with Gasteiger partial charge >= 0.3 is 0 Å². The summed E-state index contributed by atoms with van der Waals surface area (Å²) < 4.78 is 7.86. The smallest absolute Gasteiger partial charge is 0.234 e. The Balaban J connectivity index is 1.54. The number of amides is 1. The highest BCUT2D eigenvalue weighted by Crippen LogP contribution is 2.24. The highest BCUT2D eigenvalue weighted by atomic mass is 35.5. The Morgan fingerprint density at radius 2 is 2.03 bits per heavy atom. The van der Waals surface area contributed by atoms with Gasteiger partial charge in [0, 0.05) is 23.7 Å². The summed E-state index contributed by atoms with van der Waals surface area (Å²) in [4.78, 5) is 12.4. The Labute approximate surface area is 198 Å². The van der Waals surface area contributed by atoms with Gasteiger partial charge < -0.3 is 14.6 Å². The molecule has 0 aliphatic heterocycles. The standard InChI is InChI=1S/C24H27ClN4O2S/c1-4-14-29-22(13-8-15-31-21-12-6-5-9-17(21)2)27-28-24(29)32-16-23(30)26-20-11-7-10-19(25)18(20)3/h4-7,9-12H,1,8,13-16H2,2-3H3,(H,26,30). The van der Waals surface area contributed by atoms with Gasteiger partial charge in [-0.25, -0.2) is 0 Å². The van der Waals surface area contributed by atoms with Gasteiger partial charge in [0.15, 0.2) is 5.16 Å². The number of anilines is 1. The zero-order chi connectivity index (χ0) is 22.9. The van der Waals surface area contributed by atoms with Crippen LogP contribution in [0.2, 0.25) is 5.02 Å². The Morgan fingerprint density at radius 1 is 1.22 bits per heavy atom. The Hall–Kier alpha value is -2.77. The van der Waals surface area contributed by atoms with Crippen LogP contribution in [-0.2, 0) is 17.8 Å². The number of aromatic nitrogens is 3. The van der Waals surface area contributed by atoms with Crippen LogP contribution < -0.4 is 10.1 Å². The van der Waals surface area contributed by atoms with Crippen molar-refractivity contribution in [3.63, 3.8) is 0 Å². The fraction of sp³-hybridized carbons (Fsp3) is 0.292. The first-order valence-electron chi connectivity index (χ1n) is 10.4. The van der Waals surface area contributed by atoms with E-state index in [-0.39, 0.29) is 11.7 Å². The van der Waals surface area contributed by atoms with Crippen LogP contribution in [-0.4, -0.2) is 33.0 Å². The minimum absolute atomic E-state index is 0.123. The van der Waals surface area contributed by atoms with Crippen molar-refractivity contribution in [2.24, 2.45) is 0 Å². The summed E-state index contributed by atoms with van der Waals surface area (Å²) >= 11 is 7.48. The lowest BCUT2D eigenvalue weighted by Crippen LogP contribution is -2.15. The summed E-state index contributed by atoms with van der Waals surface area (Å²) in [5.41, 5.74) is 2.68. The molecule has 0 radical (unpaired) electrons. The number of halogens is 1. The van der Waals surface area contributed by atoms with E-state index in [0.29, 0.717) is 29.0 Å². The molecule has 0 fully saturated rings. The minimum atomic E-state index is -0.123. The quantitative estimate of drug-likeness (QED) is 0.228. The Bertz CT molecular complexity index is 1080. The highest BCUT2D eigenvalue weighted by molar-refractivity contribution is 7.99. The topological polar surface area (TPSA) is 69.0 Å². The highest BCUT2D eigenvalue weighted by Gasteiger charge is 2.14. The van der Waals surface area contributed by atoms with Crippen molar-refractivity contribution in [1.82, 2.24) is 14.8 Å². The van der Waals surface area contributed by atoms with Gasteiger partial charge in [-0.1, -0.05) is 53.7 Å². The third kappa shape index (κ3) is 6.37. The average molecular weight is 471 g/mol. The molecule has 1 N–H and O–H groups in total. The zero-order valence-electron chi connectivity index (χ0n) is 18.3. The van der Waals surface area contributed by atoms with E-state index >= 15 is 0 Å². The zero-order valence-corrected chi connectivity index (χ0v) is 19.9. The van der Waals surface area contributed by atoms with Gasteiger partial charge in [-0.15, -0.1) is 16.8 Å². The van der Waals surface area contributed by atoms with Crippen molar-refractivity contribution >= 4 is 35.0 Å². The van der Waals surface area contributed by atoms with Crippen LogP contribution in [0.5, 0.6) is 5.75 Å². The predicted molar refractivity (Wildman–Crippen MR) is 131 cm³/mol. The van der Waals surface area contributed by atoms with Gasteiger partial charge in [-0.05, 0) is 49.6 Å². The maximum atomic E-state index is 12.4. The molecule has 0 aliphatic rings. The van der Waals surface area contributed by atoms with Gasteiger partial charge in [-0.3, -0.25) is 4.79 Å². The van der Waals surface area contributed by atoms with E-state index < -0.39 is 0 Å². The van der Waals surface area contributed by atoms with Gasteiger partial charge in [0.1, 0.15) is 11.6 Å². The molecular formula is C24H27ClN4O2S. The lowest BCUT2D eigenvalue weighted by atomic mass is 10.2. The molecular weight excluding hydrogens is 444 g/mol. The lowest BCUT2D eigenvalue weighted by Gasteiger charge is -2.11. The normalized spacial score (nSPS) is 10.7. The van der Waals surface area contributed by atoms with E-state index in [1.807, 2.05) is 54.8 Å². The maximum Gasteiger partial charge on any atom is 0.234 e. The Morgan fingerprint density at radius 3 is 2.81 bits per heavy atom. The van der Waals surface area contributed by atoms with Crippen molar-refractivity contribution in [3.05, 3.63) is 77.1 Å². The molecule has 0 spiro atoms. The summed E-state index contributed by atoms with van der Waals surface area (Å²) in [6, 6.07) is 13.4. The van der Waals surface area contributed by atoms with Crippen molar-refractivity contribution in [2.75, 3.05) is 17.7 Å². The third-order valence-electron chi connectivity index (χ3n) is 4.88. The molecule has 168 valence electrons. The maximum absolute atomic E-state index is 12.4. The third-order valence-corrected chi connectivity index (χ3v) is 6.25. The number of carbonyl (C=O) groups excluding carboxylic acids is 1. The average Bonchev–Trinajstić information content (AvgIpc) is 3.16. The number of hydrogen-bond acceptors (Lipinski definition) is 5. The number of aryl methyl sites for hydroxylation is 2. The molecule has 8 heteroatoms. The second-order valence-corrected chi connectivity index (χ2v) is 8.61. The molecule has 1 amide bonds. The van der Waals surface area contributed by atoms with Crippen LogP contribution in [0.1, 0.15) is 23.4 Å². The number of carbonyl (C=O) groups is 1. The molecule has 3 rings (SSSR count). The molecule has 0 saturated heterocycles. The molecule has 0 aliphatic carbocycles. The van der Waals surface area contributed by atoms with E-state index in [9.17, 15) is 4.79 Å². The summed E-state index contributed by atoms with van der Waals surface area (Å²) in [7, 11) is 0. The van der Waals surface area contributed by atoms with Crippen LogP contribution in [0, 0.1) is 13.8 Å². The van der Waals surface area contributed by atoms with Gasteiger partial charge in [-0.2, -0.15) is 0 Å². The van der Waals surface area contributed by atoms with Crippen LogP contribution in [0.3, 0.4) is 0 Å². The van der Waals surface area contributed by atoms with Gasteiger partial charge in [0.25, 0.3) is 0 Å². The number of hydrogen-bond donors (Lipinski definition) is 1. The molecule has 3 aromatic rings. The minimum Gasteiger partial charge on any atom is -0.493 e. The number of benzene rings is 2. The Kier molecular flexibility index (Phi) is 8.76. The van der Waals surface area contributed by atoms with Crippen molar-refractivity contribution in [1.29, 1.82) is 0 Å². The number of nitrogens with zero attached hydrogens (tertiary/aromatic N) is 3. The molecule has 0 saturated carbocycles. The summed E-state index contributed by atoms with van der Waals surface area (Å²) in [5.74, 6) is 1.85. The fourth-order valence-corrected chi connectivity index (χ4v) is 4.05. The molecule has 2 aromatic carbocycles. The first kappa shape index (κ1) is 23.9. The van der Waals surface area contributed by atoms with Crippen LogP contribution in [0.25, 0.3) is 0 Å². The first-order valence-corrected chi connectivity index (χ1v) is 11.7. The number of allylic oxidation sites excluding steroid dienone is 1. The summed E-state index contributed by atoms with van der Waals surface area (Å²) in [6.07, 6.45) is 3.33. The SMILES string of the molecule is C=CCn1c(CCCOc2ccccc2C)nnc1SCC(=O)Nc1cccc(Cl)c1C. The fourth-order valence-electron chi connectivity index (χ4n) is 3.11. The van der Waals surface area contributed by atoms with Crippen LogP contribution >= 0.6 is 23.4 Å². The van der Waals surface area contributed by atoms with Crippen LogP contribution in [0.4, 0.5) is 5.69 Å². The molecule has 1 heterocycles. The van der Waals surface area contributed by atoms with Crippen molar-refractivity contribution < 1.29 is 9.53 Å². The summed E-state index contributed by atoms with van der Waals surface area (Å²) in [5, 5.41) is 12.8. The first-order chi connectivity index (χ1) is 15.5. The predicted octanol–water partition coefficient (Wildman–Crippen LogP) is 5.48. The molecule has 32 heavy (non-hydrogen) atoms. The second-order valence-electron chi connectivity index (χ2n) is 7.26. The molecule has 0 unspecified atom stereocenters. The number of rotatable bonds is 11. The van der Waals surface area contributed by atoms with E-state index in [2.05, 4.69) is 22.1 Å².